The third-order valence-corrected chi connectivity index (χ3v) is 3.43. The van der Waals surface area contributed by atoms with Crippen LogP contribution in [0.5, 0.6) is 5.75 Å². The zero-order chi connectivity index (χ0) is 15.6. The molecule has 1 aromatic carbocycles. The maximum atomic E-state index is 14.2. The molecule has 0 bridgehead atoms. The molecule has 2 rings (SSSR count). The fourth-order valence-corrected chi connectivity index (χ4v) is 2.18. The van der Waals surface area contributed by atoms with Gasteiger partial charge in [-0.2, -0.15) is 0 Å². The Kier molecular flexibility index (Phi) is 4.59. The Morgan fingerprint density at radius 2 is 2.00 bits per heavy atom. The van der Waals surface area contributed by atoms with Crippen LogP contribution in [-0.2, 0) is 9.31 Å². The van der Waals surface area contributed by atoms with E-state index in [9.17, 15) is 4.39 Å². The molecule has 0 saturated carbocycles. The normalized spacial score (nSPS) is 18.7. The number of benzene rings is 1. The van der Waals surface area contributed by atoms with Crippen LogP contribution < -0.4 is 10.2 Å². The second kappa shape index (κ2) is 6.07. The molecule has 21 heavy (non-hydrogen) atoms. The summed E-state index contributed by atoms with van der Waals surface area (Å²) in [6, 6.07) is 3.03. The Balaban J connectivity index is 2.39. The highest BCUT2D eigenvalue weighted by Gasteiger charge is 2.36. The Labute approximate surface area is 124 Å². The molecule has 1 N–H and O–H groups in total. The van der Waals surface area contributed by atoms with Crippen molar-refractivity contribution in [2.24, 2.45) is 5.41 Å². The van der Waals surface area contributed by atoms with Crippen molar-refractivity contribution in [2.45, 2.75) is 20.8 Å². The Bertz CT molecular complexity index is 547. The van der Waals surface area contributed by atoms with Gasteiger partial charge in [0.1, 0.15) is 0 Å². The number of ether oxygens (including phenoxy) is 1. The van der Waals surface area contributed by atoms with Crippen LogP contribution >= 0.6 is 0 Å². The second-order valence-electron chi connectivity index (χ2n) is 6.01. The summed E-state index contributed by atoms with van der Waals surface area (Å²) in [6.45, 7) is 6.80. The molecule has 0 radical (unpaired) electrons. The van der Waals surface area contributed by atoms with Crippen LogP contribution in [0.4, 0.5) is 4.39 Å². The van der Waals surface area contributed by atoms with Gasteiger partial charge in [-0.25, -0.2) is 4.39 Å². The van der Waals surface area contributed by atoms with Gasteiger partial charge in [0.05, 0.1) is 13.4 Å². The van der Waals surface area contributed by atoms with Crippen LogP contribution in [-0.4, -0.2) is 32.5 Å². The summed E-state index contributed by atoms with van der Waals surface area (Å²) in [5, 5.41) is 9.10. The molecule has 1 fully saturated rings. The monoisotopic (exact) mass is 294 g/mol. The van der Waals surface area contributed by atoms with Crippen LogP contribution in [0.25, 0.3) is 5.57 Å². The molecule has 0 amide bonds. The Morgan fingerprint density at radius 3 is 2.52 bits per heavy atom. The summed E-state index contributed by atoms with van der Waals surface area (Å²) in [7, 11) is 0.734. The third-order valence-electron chi connectivity index (χ3n) is 3.43. The minimum absolute atomic E-state index is 0.0686. The minimum Gasteiger partial charge on any atom is -0.515 e. The summed E-state index contributed by atoms with van der Waals surface area (Å²) >= 11 is 0. The lowest BCUT2D eigenvalue weighted by Gasteiger charge is -2.33. The van der Waals surface area contributed by atoms with Crippen molar-refractivity contribution in [2.75, 3.05) is 20.3 Å². The molecule has 1 aliphatic heterocycles. The molecule has 6 heteroatoms. The van der Waals surface area contributed by atoms with Crippen molar-refractivity contribution in [1.29, 1.82) is 0 Å². The first-order valence-electron chi connectivity index (χ1n) is 6.80. The SMILES string of the molecule is COc1c(F)cc(/C(C)=C/O)cc1B1OCC(C)(C)CO1. The lowest BCUT2D eigenvalue weighted by molar-refractivity contribution is 0.0341. The van der Waals surface area contributed by atoms with E-state index >= 15 is 0 Å². The quantitative estimate of drug-likeness (QED) is 0.687. The first-order valence-corrected chi connectivity index (χ1v) is 6.80. The van der Waals surface area contributed by atoms with Gasteiger partial charge in [-0.3, -0.25) is 0 Å². The molecule has 114 valence electrons. The van der Waals surface area contributed by atoms with Gasteiger partial charge in [-0.1, -0.05) is 19.9 Å². The van der Waals surface area contributed by atoms with Gasteiger partial charge in [0.15, 0.2) is 11.6 Å². The molecule has 0 atom stereocenters. The summed E-state index contributed by atoms with van der Waals surface area (Å²) in [5.74, 6) is -0.405. The maximum Gasteiger partial charge on any atom is 0.497 e. The largest absolute Gasteiger partial charge is 0.515 e. The average Bonchev–Trinajstić information content (AvgIpc) is 2.45. The number of halogens is 1. The number of hydrogen-bond acceptors (Lipinski definition) is 4. The van der Waals surface area contributed by atoms with Gasteiger partial charge in [0.2, 0.25) is 0 Å². The van der Waals surface area contributed by atoms with Crippen LogP contribution in [0.2, 0.25) is 0 Å². The van der Waals surface area contributed by atoms with Crippen molar-refractivity contribution < 1.29 is 23.5 Å². The highest BCUT2D eigenvalue weighted by molar-refractivity contribution is 6.62. The van der Waals surface area contributed by atoms with Gasteiger partial charge in [-0.15, -0.1) is 0 Å². The molecular formula is C15H20BFO4. The average molecular weight is 294 g/mol. The predicted octanol–water partition coefficient (Wildman–Crippen LogP) is 2.52. The first kappa shape index (κ1) is 15.9. The number of hydrogen-bond donors (Lipinski definition) is 1. The van der Waals surface area contributed by atoms with Crippen molar-refractivity contribution in [3.8, 4) is 5.75 Å². The zero-order valence-electron chi connectivity index (χ0n) is 12.8. The van der Waals surface area contributed by atoms with E-state index in [1.807, 2.05) is 13.8 Å². The van der Waals surface area contributed by atoms with E-state index in [0.29, 0.717) is 29.8 Å². The predicted molar refractivity (Wildman–Crippen MR) is 80.3 cm³/mol. The van der Waals surface area contributed by atoms with Gasteiger partial charge in [0, 0.05) is 24.1 Å². The smallest absolute Gasteiger partial charge is 0.497 e. The Morgan fingerprint density at radius 1 is 1.38 bits per heavy atom. The number of aliphatic hydroxyl groups excluding tert-OH is 1. The van der Waals surface area contributed by atoms with Crippen LogP contribution in [0.3, 0.4) is 0 Å². The number of methoxy groups -OCH3 is 1. The van der Waals surface area contributed by atoms with E-state index in [0.717, 1.165) is 6.26 Å². The van der Waals surface area contributed by atoms with Crippen molar-refractivity contribution in [3.63, 3.8) is 0 Å². The van der Waals surface area contributed by atoms with Gasteiger partial charge >= 0.3 is 7.12 Å². The molecule has 1 aromatic rings. The molecule has 1 saturated heterocycles. The van der Waals surface area contributed by atoms with E-state index in [1.165, 1.54) is 13.2 Å². The van der Waals surface area contributed by atoms with E-state index in [2.05, 4.69) is 0 Å². The zero-order valence-corrected chi connectivity index (χ0v) is 12.8. The molecular weight excluding hydrogens is 274 g/mol. The lowest BCUT2D eigenvalue weighted by Crippen LogP contribution is -2.48. The molecule has 0 unspecified atom stereocenters. The van der Waals surface area contributed by atoms with Crippen molar-refractivity contribution in [1.82, 2.24) is 0 Å². The molecule has 1 heterocycles. The highest BCUT2D eigenvalue weighted by Crippen LogP contribution is 2.26. The first-order chi connectivity index (χ1) is 9.88. The second-order valence-corrected chi connectivity index (χ2v) is 6.01. The molecule has 0 aromatic heterocycles. The summed E-state index contributed by atoms with van der Waals surface area (Å²) in [6.07, 6.45) is 0.941. The Hall–Kier alpha value is -1.53. The van der Waals surface area contributed by atoms with E-state index in [4.69, 9.17) is 19.2 Å². The van der Waals surface area contributed by atoms with Gasteiger partial charge in [0.25, 0.3) is 0 Å². The number of aliphatic hydroxyl groups is 1. The van der Waals surface area contributed by atoms with Crippen LogP contribution in [0.1, 0.15) is 26.3 Å². The number of rotatable bonds is 3. The fraction of sp³-hybridized carbons (Fsp3) is 0.467. The molecule has 4 nitrogen and oxygen atoms in total. The third kappa shape index (κ3) is 3.39. The van der Waals surface area contributed by atoms with E-state index < -0.39 is 12.9 Å². The van der Waals surface area contributed by atoms with E-state index in [1.54, 1.807) is 13.0 Å². The summed E-state index contributed by atoms with van der Waals surface area (Å²) < 4.78 is 30.7. The summed E-state index contributed by atoms with van der Waals surface area (Å²) in [4.78, 5) is 0. The minimum atomic E-state index is -0.672. The van der Waals surface area contributed by atoms with Gasteiger partial charge in [-0.05, 0) is 24.1 Å². The van der Waals surface area contributed by atoms with Crippen molar-refractivity contribution >= 4 is 18.2 Å². The maximum absolute atomic E-state index is 14.2. The standard InChI is InChI=1S/C15H20BFO4/c1-10(7-18)11-5-12(14(19-4)13(17)6-11)16-20-8-15(2,3)9-21-16/h5-7,18H,8-9H2,1-4H3/b10-7+. The fourth-order valence-electron chi connectivity index (χ4n) is 2.18. The molecule has 0 aliphatic carbocycles. The van der Waals surface area contributed by atoms with Crippen LogP contribution in [0, 0.1) is 11.2 Å². The molecule has 0 spiro atoms. The topological polar surface area (TPSA) is 47.9 Å². The highest BCUT2D eigenvalue weighted by atomic mass is 19.1. The van der Waals surface area contributed by atoms with Crippen LogP contribution in [0.15, 0.2) is 18.4 Å². The van der Waals surface area contributed by atoms with Gasteiger partial charge < -0.3 is 19.2 Å². The number of allylic oxidation sites excluding steroid dienone is 1. The lowest BCUT2D eigenvalue weighted by atomic mass is 9.74. The van der Waals surface area contributed by atoms with Crippen molar-refractivity contribution in [3.05, 3.63) is 29.8 Å². The summed E-state index contributed by atoms with van der Waals surface area (Å²) in [5.41, 5.74) is 1.53. The van der Waals surface area contributed by atoms with E-state index in [-0.39, 0.29) is 11.2 Å². The molecule has 1 aliphatic rings.